The average Bonchev–Trinajstić information content (AvgIpc) is 2.36. The topological polar surface area (TPSA) is 59.2 Å². The Labute approximate surface area is 122 Å². The molecule has 1 aromatic rings. The number of hydrogen-bond donors (Lipinski definition) is 1. The van der Waals surface area contributed by atoms with Gasteiger partial charge < -0.3 is 10.6 Å². The number of carbonyl (C=O) groups is 1. The summed E-state index contributed by atoms with van der Waals surface area (Å²) in [6.07, 6.45) is -1.65. The lowest BCUT2D eigenvalue weighted by atomic mass is 9.97. The van der Waals surface area contributed by atoms with Gasteiger partial charge in [0.1, 0.15) is 6.04 Å². The predicted octanol–water partition coefficient (Wildman–Crippen LogP) is 2.34. The van der Waals surface area contributed by atoms with Crippen LogP contribution in [0.3, 0.4) is 0 Å². The first-order valence-electron chi connectivity index (χ1n) is 6.03. The van der Waals surface area contributed by atoms with Crippen molar-refractivity contribution < 1.29 is 18.0 Å². The lowest BCUT2D eigenvalue weighted by Gasteiger charge is -2.39. The Balaban J connectivity index is 2.29. The molecule has 0 spiro atoms. The van der Waals surface area contributed by atoms with Gasteiger partial charge in [-0.15, -0.1) is 0 Å². The van der Waals surface area contributed by atoms with E-state index in [-0.39, 0.29) is 24.9 Å². The highest BCUT2D eigenvalue weighted by Gasteiger charge is 2.47. The smallest absolute Gasteiger partial charge is 0.326 e. The molecule has 0 saturated carbocycles. The van der Waals surface area contributed by atoms with Crippen LogP contribution >= 0.6 is 15.9 Å². The van der Waals surface area contributed by atoms with E-state index in [1.165, 1.54) is 18.5 Å². The molecular formula is C12H13BrF3N3O. The van der Waals surface area contributed by atoms with Gasteiger partial charge in [-0.25, -0.2) is 0 Å². The van der Waals surface area contributed by atoms with E-state index >= 15 is 0 Å². The molecule has 1 amide bonds. The van der Waals surface area contributed by atoms with Gasteiger partial charge in [0, 0.05) is 29.5 Å². The average molecular weight is 352 g/mol. The van der Waals surface area contributed by atoms with E-state index in [2.05, 4.69) is 20.9 Å². The highest BCUT2D eigenvalue weighted by Crippen LogP contribution is 2.32. The molecule has 110 valence electrons. The second-order valence-corrected chi connectivity index (χ2v) is 5.66. The number of carbonyl (C=O) groups excluding carboxylic acids is 1. The number of likely N-dealkylation sites (tertiary alicyclic amines) is 1. The summed E-state index contributed by atoms with van der Waals surface area (Å²) in [6, 6.07) is -0.769. The number of alkyl halides is 3. The standard InChI is InChI=1S/C12H13BrF3N3O/c13-8-3-7(4-18-5-8)11(20)19-6-9(17)1-2-10(19)12(14,15)16/h3-5,9-10H,1-2,6,17H2. The maximum Gasteiger partial charge on any atom is 0.408 e. The molecule has 20 heavy (non-hydrogen) atoms. The fourth-order valence-electron chi connectivity index (χ4n) is 2.26. The minimum atomic E-state index is -4.45. The van der Waals surface area contributed by atoms with Crippen LogP contribution in [0, 0.1) is 0 Å². The molecule has 2 rings (SSSR count). The third kappa shape index (κ3) is 3.29. The van der Waals surface area contributed by atoms with E-state index in [1.807, 2.05) is 0 Å². The molecule has 1 aliphatic rings. The third-order valence-corrected chi connectivity index (χ3v) is 3.64. The lowest BCUT2D eigenvalue weighted by Crippen LogP contribution is -2.56. The summed E-state index contributed by atoms with van der Waals surface area (Å²) < 4.78 is 39.6. The van der Waals surface area contributed by atoms with Crippen LogP contribution in [0.25, 0.3) is 0 Å². The zero-order valence-corrected chi connectivity index (χ0v) is 12.0. The lowest BCUT2D eigenvalue weighted by molar-refractivity contribution is -0.184. The van der Waals surface area contributed by atoms with Crippen LogP contribution in [0.1, 0.15) is 23.2 Å². The van der Waals surface area contributed by atoms with Gasteiger partial charge in [0.05, 0.1) is 5.56 Å². The number of nitrogens with zero attached hydrogens (tertiary/aromatic N) is 2. The summed E-state index contributed by atoms with van der Waals surface area (Å²) in [6.45, 7) is -0.102. The van der Waals surface area contributed by atoms with Gasteiger partial charge in [-0.1, -0.05) is 0 Å². The molecule has 1 aliphatic heterocycles. The van der Waals surface area contributed by atoms with Gasteiger partial charge in [0.2, 0.25) is 0 Å². The van der Waals surface area contributed by atoms with Crippen LogP contribution in [0.5, 0.6) is 0 Å². The number of aromatic nitrogens is 1. The maximum absolute atomic E-state index is 13.0. The molecule has 2 unspecified atom stereocenters. The van der Waals surface area contributed by atoms with Crippen LogP contribution in [0.2, 0.25) is 0 Å². The quantitative estimate of drug-likeness (QED) is 0.844. The van der Waals surface area contributed by atoms with Crippen molar-refractivity contribution in [2.24, 2.45) is 5.73 Å². The van der Waals surface area contributed by atoms with Crippen LogP contribution in [-0.2, 0) is 0 Å². The summed E-state index contributed by atoms with van der Waals surface area (Å²) in [7, 11) is 0. The highest BCUT2D eigenvalue weighted by atomic mass is 79.9. The Morgan fingerprint density at radius 1 is 1.40 bits per heavy atom. The Hall–Kier alpha value is -1.15. The highest BCUT2D eigenvalue weighted by molar-refractivity contribution is 9.10. The molecule has 0 bridgehead atoms. The van der Waals surface area contributed by atoms with E-state index in [0.717, 1.165) is 4.90 Å². The molecule has 1 aromatic heterocycles. The number of piperidine rings is 1. The van der Waals surface area contributed by atoms with E-state index in [0.29, 0.717) is 4.47 Å². The molecule has 0 radical (unpaired) electrons. The van der Waals surface area contributed by atoms with Gasteiger partial charge in [-0.05, 0) is 34.8 Å². The molecule has 2 heterocycles. The van der Waals surface area contributed by atoms with Crippen LogP contribution < -0.4 is 5.73 Å². The second-order valence-electron chi connectivity index (χ2n) is 4.74. The van der Waals surface area contributed by atoms with Gasteiger partial charge in [-0.2, -0.15) is 13.2 Å². The molecule has 2 atom stereocenters. The SMILES string of the molecule is NC1CCC(C(F)(F)F)N(C(=O)c2cncc(Br)c2)C1. The Morgan fingerprint density at radius 3 is 2.70 bits per heavy atom. The summed E-state index contributed by atoms with van der Waals surface area (Å²) in [5, 5.41) is 0. The maximum atomic E-state index is 13.0. The predicted molar refractivity (Wildman–Crippen MR) is 70.0 cm³/mol. The van der Waals surface area contributed by atoms with Crippen LogP contribution in [0.4, 0.5) is 13.2 Å². The van der Waals surface area contributed by atoms with Crippen molar-refractivity contribution in [2.75, 3.05) is 6.54 Å². The van der Waals surface area contributed by atoms with E-state index in [4.69, 9.17) is 5.73 Å². The van der Waals surface area contributed by atoms with Crippen molar-refractivity contribution in [3.05, 3.63) is 28.5 Å². The number of amides is 1. The third-order valence-electron chi connectivity index (χ3n) is 3.21. The zero-order chi connectivity index (χ0) is 14.9. The molecule has 1 fully saturated rings. The number of rotatable bonds is 1. The minimum absolute atomic E-state index is 0.102. The number of hydrogen-bond acceptors (Lipinski definition) is 3. The zero-order valence-electron chi connectivity index (χ0n) is 10.4. The number of nitrogens with two attached hydrogens (primary N) is 1. The van der Waals surface area contributed by atoms with Crippen molar-refractivity contribution in [2.45, 2.75) is 31.1 Å². The minimum Gasteiger partial charge on any atom is -0.326 e. The first-order chi connectivity index (χ1) is 9.29. The fourth-order valence-corrected chi connectivity index (χ4v) is 2.62. The monoisotopic (exact) mass is 351 g/mol. The summed E-state index contributed by atoms with van der Waals surface area (Å²) >= 11 is 3.14. The van der Waals surface area contributed by atoms with Gasteiger partial charge in [0.25, 0.3) is 5.91 Å². The van der Waals surface area contributed by atoms with Crippen LogP contribution in [-0.4, -0.2) is 40.6 Å². The molecular weight excluding hydrogens is 339 g/mol. The first-order valence-corrected chi connectivity index (χ1v) is 6.82. The summed E-state index contributed by atoms with van der Waals surface area (Å²) in [5.74, 6) is -0.698. The van der Waals surface area contributed by atoms with Gasteiger partial charge in [-0.3, -0.25) is 9.78 Å². The molecule has 8 heteroatoms. The molecule has 2 N–H and O–H groups in total. The largest absolute Gasteiger partial charge is 0.408 e. The van der Waals surface area contributed by atoms with Crippen molar-refractivity contribution in [3.8, 4) is 0 Å². The second kappa shape index (κ2) is 5.69. The number of halogens is 4. The first kappa shape index (κ1) is 15.2. The van der Waals surface area contributed by atoms with E-state index < -0.39 is 24.2 Å². The van der Waals surface area contributed by atoms with Gasteiger partial charge in [0.15, 0.2) is 0 Å². The van der Waals surface area contributed by atoms with E-state index in [9.17, 15) is 18.0 Å². The van der Waals surface area contributed by atoms with Crippen molar-refractivity contribution in [1.82, 2.24) is 9.88 Å². The van der Waals surface area contributed by atoms with E-state index in [1.54, 1.807) is 0 Å². The normalized spacial score (nSPS) is 23.8. The van der Waals surface area contributed by atoms with Gasteiger partial charge >= 0.3 is 6.18 Å². The molecule has 0 aromatic carbocycles. The molecule has 4 nitrogen and oxygen atoms in total. The Morgan fingerprint density at radius 2 is 2.10 bits per heavy atom. The number of pyridine rings is 1. The van der Waals surface area contributed by atoms with Crippen molar-refractivity contribution in [1.29, 1.82) is 0 Å². The Bertz CT molecular complexity index is 509. The van der Waals surface area contributed by atoms with Crippen LogP contribution in [0.15, 0.2) is 22.9 Å². The summed E-state index contributed by atoms with van der Waals surface area (Å²) in [4.78, 5) is 16.9. The molecule has 0 aliphatic carbocycles. The van der Waals surface area contributed by atoms with Crippen molar-refractivity contribution in [3.63, 3.8) is 0 Å². The van der Waals surface area contributed by atoms with Crippen molar-refractivity contribution >= 4 is 21.8 Å². The Kier molecular flexibility index (Phi) is 4.33. The molecule has 1 saturated heterocycles. The fraction of sp³-hybridized carbons (Fsp3) is 0.500. The summed E-state index contributed by atoms with van der Waals surface area (Å²) in [5.41, 5.74) is 5.80.